The standard InChI is InChI=1S/C17H21N5O7S2/c1-11-8-15(21-29-11)20-17(24)12(2)30-10-16(23)18-6-7-19-31(27,28)14-5-3-4-13(9-14)22(25)26/h3-5,8-9,12,19H,6-7,10H2,1-2H3,(H,18,23)(H,20,21,24). The first-order chi connectivity index (χ1) is 14.6. The van der Waals surface area contributed by atoms with Crippen LogP contribution >= 0.6 is 11.8 Å². The number of nitro benzene ring substituents is 1. The summed E-state index contributed by atoms with van der Waals surface area (Å²) in [7, 11) is -3.96. The van der Waals surface area contributed by atoms with Crippen molar-refractivity contribution in [1.82, 2.24) is 15.2 Å². The lowest BCUT2D eigenvalue weighted by atomic mass is 10.3. The smallest absolute Gasteiger partial charge is 0.270 e. The number of anilines is 1. The molecule has 0 saturated carbocycles. The fourth-order valence-corrected chi connectivity index (χ4v) is 4.00. The van der Waals surface area contributed by atoms with E-state index in [1.54, 1.807) is 19.9 Å². The summed E-state index contributed by atoms with van der Waals surface area (Å²) in [5, 5.41) is 19.0. The number of aromatic nitrogens is 1. The van der Waals surface area contributed by atoms with Gasteiger partial charge in [0.15, 0.2) is 5.82 Å². The molecule has 1 unspecified atom stereocenters. The maximum absolute atomic E-state index is 12.2. The third-order valence-electron chi connectivity index (χ3n) is 3.79. The van der Waals surface area contributed by atoms with Crippen LogP contribution in [0.1, 0.15) is 12.7 Å². The highest BCUT2D eigenvalue weighted by Gasteiger charge is 2.18. The number of nitrogens with zero attached hydrogens (tertiary/aromatic N) is 2. The number of rotatable bonds is 11. The van der Waals surface area contributed by atoms with Crippen LogP contribution in [0.5, 0.6) is 0 Å². The van der Waals surface area contributed by atoms with Gasteiger partial charge in [-0.2, -0.15) is 0 Å². The monoisotopic (exact) mass is 471 g/mol. The Balaban J connectivity index is 1.71. The van der Waals surface area contributed by atoms with Crippen molar-refractivity contribution in [3.63, 3.8) is 0 Å². The molecule has 1 atom stereocenters. The molecule has 1 aromatic carbocycles. The van der Waals surface area contributed by atoms with Crippen molar-refractivity contribution < 1.29 is 27.5 Å². The Morgan fingerprint density at radius 2 is 2.03 bits per heavy atom. The molecule has 31 heavy (non-hydrogen) atoms. The van der Waals surface area contributed by atoms with Gasteiger partial charge in [0.05, 0.1) is 20.8 Å². The summed E-state index contributed by atoms with van der Waals surface area (Å²) in [6.07, 6.45) is 0. The van der Waals surface area contributed by atoms with Crippen LogP contribution in [0.2, 0.25) is 0 Å². The van der Waals surface area contributed by atoms with Crippen LogP contribution in [-0.2, 0) is 19.6 Å². The number of thioether (sulfide) groups is 1. The maximum Gasteiger partial charge on any atom is 0.270 e. The Kier molecular flexibility index (Phi) is 8.53. The molecule has 3 N–H and O–H groups in total. The minimum atomic E-state index is -3.96. The second kappa shape index (κ2) is 10.9. The number of non-ortho nitro benzene ring substituents is 1. The van der Waals surface area contributed by atoms with Crippen LogP contribution in [0.15, 0.2) is 39.8 Å². The van der Waals surface area contributed by atoms with E-state index >= 15 is 0 Å². The van der Waals surface area contributed by atoms with Gasteiger partial charge in [0, 0.05) is 31.3 Å². The fraction of sp³-hybridized carbons (Fsp3) is 0.353. The largest absolute Gasteiger partial charge is 0.360 e. The molecule has 14 heteroatoms. The zero-order chi connectivity index (χ0) is 23.0. The van der Waals surface area contributed by atoms with Crippen LogP contribution < -0.4 is 15.4 Å². The van der Waals surface area contributed by atoms with Crippen LogP contribution in [-0.4, -0.2) is 54.4 Å². The van der Waals surface area contributed by atoms with E-state index < -0.39 is 20.2 Å². The first kappa shape index (κ1) is 24.3. The molecule has 0 aliphatic heterocycles. The van der Waals surface area contributed by atoms with E-state index in [1.807, 2.05) is 0 Å². The highest BCUT2D eigenvalue weighted by molar-refractivity contribution is 8.01. The van der Waals surface area contributed by atoms with Crippen molar-refractivity contribution >= 4 is 45.1 Å². The predicted octanol–water partition coefficient (Wildman–Crippen LogP) is 1.05. The average molecular weight is 472 g/mol. The van der Waals surface area contributed by atoms with Crippen LogP contribution in [0, 0.1) is 17.0 Å². The summed E-state index contributed by atoms with van der Waals surface area (Å²) in [6.45, 7) is 3.22. The highest BCUT2D eigenvalue weighted by Crippen LogP contribution is 2.17. The van der Waals surface area contributed by atoms with Gasteiger partial charge in [-0.05, 0) is 19.9 Å². The lowest BCUT2D eigenvalue weighted by Crippen LogP contribution is -2.36. The summed E-state index contributed by atoms with van der Waals surface area (Å²) < 4.78 is 31.5. The van der Waals surface area contributed by atoms with Gasteiger partial charge in [-0.3, -0.25) is 19.7 Å². The van der Waals surface area contributed by atoms with Gasteiger partial charge < -0.3 is 15.2 Å². The van der Waals surface area contributed by atoms with Gasteiger partial charge in [-0.25, -0.2) is 13.1 Å². The fourth-order valence-electron chi connectivity index (χ4n) is 2.22. The summed E-state index contributed by atoms with van der Waals surface area (Å²) >= 11 is 1.10. The molecule has 2 aromatic rings. The van der Waals surface area contributed by atoms with Crippen LogP contribution in [0.3, 0.4) is 0 Å². The lowest BCUT2D eigenvalue weighted by molar-refractivity contribution is -0.385. The highest BCUT2D eigenvalue weighted by atomic mass is 32.2. The Hall–Kier alpha value is -2.97. The number of carbonyl (C=O) groups is 2. The molecule has 1 heterocycles. The minimum Gasteiger partial charge on any atom is -0.360 e. The maximum atomic E-state index is 12.2. The zero-order valence-electron chi connectivity index (χ0n) is 16.7. The number of hydrogen-bond donors (Lipinski definition) is 3. The van der Waals surface area contributed by atoms with Gasteiger partial charge in [0.25, 0.3) is 5.69 Å². The molecule has 0 bridgehead atoms. The van der Waals surface area contributed by atoms with Crippen molar-refractivity contribution in [3.8, 4) is 0 Å². The van der Waals surface area contributed by atoms with Gasteiger partial charge in [0.2, 0.25) is 21.8 Å². The third-order valence-corrected chi connectivity index (χ3v) is 6.39. The molecule has 2 rings (SSSR count). The van der Waals surface area contributed by atoms with Crippen molar-refractivity contribution in [2.24, 2.45) is 0 Å². The molecule has 0 aliphatic rings. The number of aryl methyl sites for hydroxylation is 1. The normalized spacial score (nSPS) is 12.2. The number of nitro groups is 1. The molecular weight excluding hydrogens is 450 g/mol. The molecule has 1 aromatic heterocycles. The molecule has 0 fully saturated rings. The molecule has 12 nitrogen and oxygen atoms in total. The predicted molar refractivity (Wildman–Crippen MR) is 113 cm³/mol. The summed E-state index contributed by atoms with van der Waals surface area (Å²) in [4.78, 5) is 33.8. The number of carbonyl (C=O) groups excluding carboxylic acids is 2. The number of hydrogen-bond acceptors (Lipinski definition) is 9. The van der Waals surface area contributed by atoms with E-state index in [-0.39, 0.29) is 47.1 Å². The van der Waals surface area contributed by atoms with Gasteiger partial charge in [0.1, 0.15) is 5.76 Å². The van der Waals surface area contributed by atoms with Crippen molar-refractivity contribution in [2.75, 3.05) is 24.2 Å². The first-order valence-corrected chi connectivity index (χ1v) is 11.5. The number of sulfonamides is 1. The molecule has 0 spiro atoms. The van der Waals surface area contributed by atoms with Gasteiger partial charge in [-0.1, -0.05) is 11.2 Å². The minimum absolute atomic E-state index is 0.00629. The lowest BCUT2D eigenvalue weighted by Gasteiger charge is -2.11. The molecule has 168 valence electrons. The number of amides is 2. The second-order valence-electron chi connectivity index (χ2n) is 6.27. The van der Waals surface area contributed by atoms with Crippen molar-refractivity contribution in [2.45, 2.75) is 24.0 Å². The summed E-state index contributed by atoms with van der Waals surface area (Å²) in [5.74, 6) is 0.114. The number of benzene rings is 1. The van der Waals surface area contributed by atoms with Crippen molar-refractivity contribution in [1.29, 1.82) is 0 Å². The summed E-state index contributed by atoms with van der Waals surface area (Å²) in [6, 6.07) is 6.20. The van der Waals surface area contributed by atoms with E-state index in [2.05, 4.69) is 20.5 Å². The van der Waals surface area contributed by atoms with E-state index in [1.165, 1.54) is 18.2 Å². The molecule has 0 saturated heterocycles. The Bertz CT molecular complexity index is 1050. The Labute approximate surface area is 182 Å². The first-order valence-electron chi connectivity index (χ1n) is 8.95. The molecule has 2 amide bonds. The summed E-state index contributed by atoms with van der Waals surface area (Å²) in [5.41, 5.74) is -0.343. The van der Waals surface area contributed by atoms with Crippen molar-refractivity contribution in [3.05, 3.63) is 46.2 Å². The Morgan fingerprint density at radius 3 is 2.68 bits per heavy atom. The number of nitrogens with one attached hydrogen (secondary N) is 3. The van der Waals surface area contributed by atoms with Gasteiger partial charge >= 0.3 is 0 Å². The third kappa shape index (κ3) is 7.66. The molecule has 0 radical (unpaired) electrons. The van der Waals surface area contributed by atoms with E-state index in [4.69, 9.17) is 4.52 Å². The van der Waals surface area contributed by atoms with Gasteiger partial charge in [-0.15, -0.1) is 11.8 Å². The Morgan fingerprint density at radius 1 is 1.29 bits per heavy atom. The SMILES string of the molecule is Cc1cc(NC(=O)C(C)SCC(=O)NCCNS(=O)(=O)c2cccc([N+](=O)[O-])c2)no1. The second-order valence-corrected chi connectivity index (χ2v) is 9.36. The molecule has 0 aliphatic carbocycles. The molecular formula is C17H21N5O7S2. The van der Waals surface area contributed by atoms with Crippen LogP contribution in [0.25, 0.3) is 0 Å². The average Bonchev–Trinajstić information content (AvgIpc) is 3.13. The topological polar surface area (TPSA) is 174 Å². The quantitative estimate of drug-likeness (QED) is 0.246. The van der Waals surface area contributed by atoms with E-state index in [9.17, 15) is 28.1 Å². The van der Waals surface area contributed by atoms with E-state index in [0.29, 0.717) is 5.76 Å². The zero-order valence-corrected chi connectivity index (χ0v) is 18.3. The van der Waals surface area contributed by atoms with Crippen LogP contribution in [0.4, 0.5) is 11.5 Å². The van der Waals surface area contributed by atoms with E-state index in [0.717, 1.165) is 17.8 Å².